The van der Waals surface area contributed by atoms with Crippen LogP contribution in [0.15, 0.2) is 0 Å². The summed E-state index contributed by atoms with van der Waals surface area (Å²) in [5.41, 5.74) is 0. The van der Waals surface area contributed by atoms with Gasteiger partial charge in [-0.3, -0.25) is 23.0 Å². The molecule has 0 fully saturated rings. The molecule has 2 atom stereocenters. The normalized spacial score (nSPS) is 18.9. The average Bonchev–Trinajstić information content (AvgIpc) is 2.00. The highest BCUT2D eigenvalue weighted by molar-refractivity contribution is 7.33. The van der Waals surface area contributed by atoms with Gasteiger partial charge < -0.3 is 20.2 Å². The minimum Gasteiger partial charge on any atom is -0.358 e. The van der Waals surface area contributed by atoms with Crippen LogP contribution >= 0.6 is 16.5 Å². The topological polar surface area (TPSA) is 142 Å². The number of carbonyl (C=O) groups excluding carboxylic acids is 1. The third kappa shape index (κ3) is 7.64. The van der Waals surface area contributed by atoms with Crippen LogP contribution in [0.3, 0.4) is 0 Å². The van der Waals surface area contributed by atoms with Crippen molar-refractivity contribution in [2.24, 2.45) is 0 Å². The van der Waals surface area contributed by atoms with Gasteiger partial charge >= 0.3 is 16.5 Å². The fourth-order valence-electron chi connectivity index (χ4n) is 0.685. The van der Waals surface area contributed by atoms with Crippen LogP contribution < -0.4 is 5.32 Å². The number of hydrogen-bond acceptors (Lipinski definition) is 6. The Bertz CT molecular complexity index is 241. The van der Waals surface area contributed by atoms with Crippen molar-refractivity contribution < 1.29 is 37.9 Å². The van der Waals surface area contributed by atoms with Crippen LogP contribution in [0.4, 0.5) is 0 Å². The second-order valence-corrected chi connectivity index (χ2v) is 3.74. The van der Waals surface area contributed by atoms with Gasteiger partial charge in [0, 0.05) is 13.0 Å². The van der Waals surface area contributed by atoms with E-state index in [9.17, 15) is 19.0 Å². The predicted octanol–water partition coefficient (Wildman–Crippen LogP) is -1.43. The first-order valence-electron chi connectivity index (χ1n) is 3.63. The summed E-state index contributed by atoms with van der Waals surface area (Å²) >= 11 is 0. The lowest BCUT2D eigenvalue weighted by molar-refractivity contribution is -0.275. The van der Waals surface area contributed by atoms with E-state index in [4.69, 9.17) is 9.79 Å². The maximum atomic E-state index is 10.3. The molecular weight excluding hydrogens is 252 g/mol. The quantitative estimate of drug-likeness (QED) is 0.180. The molecule has 11 heteroatoms. The molecule has 0 heterocycles. The monoisotopic (exact) mass is 263 g/mol. The van der Waals surface area contributed by atoms with Crippen molar-refractivity contribution in [3.63, 3.8) is 0 Å². The number of hydrogen-bond donors (Lipinski definition) is 4. The van der Waals surface area contributed by atoms with E-state index in [0.717, 1.165) is 0 Å². The molecule has 0 spiro atoms. The van der Waals surface area contributed by atoms with Crippen molar-refractivity contribution in [1.29, 1.82) is 0 Å². The van der Waals surface area contributed by atoms with Crippen LogP contribution in [-0.2, 0) is 23.0 Å². The zero-order valence-corrected chi connectivity index (χ0v) is 9.37. The Labute approximate surface area is 85.9 Å². The van der Waals surface area contributed by atoms with Gasteiger partial charge in [0.15, 0.2) is 0 Å². The van der Waals surface area contributed by atoms with E-state index in [0.29, 0.717) is 6.41 Å². The van der Waals surface area contributed by atoms with Gasteiger partial charge in [-0.2, -0.15) is 0 Å². The maximum Gasteiger partial charge on any atom is 0.320 e. The molecule has 0 aromatic heterocycles. The van der Waals surface area contributed by atoms with Gasteiger partial charge in [-0.25, -0.2) is 0 Å². The lowest BCUT2D eigenvalue weighted by Gasteiger charge is -2.24. The minimum absolute atomic E-state index is 0.162. The second-order valence-electron chi connectivity index (χ2n) is 2.27. The first-order chi connectivity index (χ1) is 6.89. The van der Waals surface area contributed by atoms with Crippen molar-refractivity contribution in [3.05, 3.63) is 0 Å². The summed E-state index contributed by atoms with van der Waals surface area (Å²) in [6.07, 6.45) is -0.163. The van der Waals surface area contributed by atoms with Crippen LogP contribution in [0.5, 0.6) is 0 Å². The largest absolute Gasteiger partial charge is 0.358 e. The number of amides is 1. The van der Waals surface area contributed by atoms with E-state index in [-0.39, 0.29) is 6.54 Å². The Morgan fingerprint density at radius 2 is 1.73 bits per heavy atom. The van der Waals surface area contributed by atoms with Gasteiger partial charge in [0.05, 0.1) is 0 Å². The maximum absolute atomic E-state index is 10.3. The molecule has 0 aromatic carbocycles. The molecule has 90 valence electrons. The highest BCUT2D eigenvalue weighted by Crippen LogP contribution is 2.34. The van der Waals surface area contributed by atoms with E-state index in [2.05, 4.69) is 14.4 Å². The average molecular weight is 263 g/mol. The fourth-order valence-corrected chi connectivity index (χ4v) is 1.60. The summed E-state index contributed by atoms with van der Waals surface area (Å²) in [5, 5.41) is 11.4. The zero-order chi connectivity index (χ0) is 11.9. The van der Waals surface area contributed by atoms with Crippen molar-refractivity contribution in [3.8, 4) is 0 Å². The van der Waals surface area contributed by atoms with E-state index in [1.54, 1.807) is 0 Å². The van der Waals surface area contributed by atoms with E-state index in [1.807, 2.05) is 0 Å². The van der Waals surface area contributed by atoms with Crippen LogP contribution in [0.2, 0.25) is 0 Å². The summed E-state index contributed by atoms with van der Waals surface area (Å²) in [6, 6.07) is 0. The third-order valence-corrected chi connectivity index (χ3v) is 2.15. The first kappa shape index (κ1) is 14.7. The van der Waals surface area contributed by atoms with Gasteiger partial charge in [0.25, 0.3) is 5.97 Å². The van der Waals surface area contributed by atoms with Crippen molar-refractivity contribution in [2.75, 3.05) is 6.54 Å². The smallest absolute Gasteiger partial charge is 0.320 e. The van der Waals surface area contributed by atoms with Crippen LogP contribution in [0.1, 0.15) is 6.42 Å². The van der Waals surface area contributed by atoms with Gasteiger partial charge in [-0.05, 0) is 0 Å². The zero-order valence-electron chi connectivity index (χ0n) is 7.37. The van der Waals surface area contributed by atoms with Crippen LogP contribution in [0, 0.1) is 0 Å². The molecule has 0 saturated heterocycles. The minimum atomic E-state index is -3.55. The number of nitrogens with one attached hydrogen (secondary N) is 1. The van der Waals surface area contributed by atoms with Crippen molar-refractivity contribution >= 4 is 22.9 Å². The molecule has 2 unspecified atom stereocenters. The summed E-state index contributed by atoms with van der Waals surface area (Å²) in [5.74, 6) is -2.66. The number of aliphatic hydroxyl groups is 1. The lowest BCUT2D eigenvalue weighted by atomic mass is 10.4. The molecule has 0 radical (unpaired) electrons. The Balaban J connectivity index is 4.32. The summed E-state index contributed by atoms with van der Waals surface area (Å²) in [4.78, 5) is 26.6. The molecule has 0 aromatic rings. The van der Waals surface area contributed by atoms with Crippen LogP contribution in [-0.4, -0.2) is 33.8 Å². The first-order valence-corrected chi connectivity index (χ1v) is 6.15. The second kappa shape index (κ2) is 7.08. The molecule has 0 rings (SSSR count). The summed E-state index contributed by atoms with van der Waals surface area (Å²) in [6.45, 7) is -0.162. The molecule has 0 aliphatic carbocycles. The number of rotatable bonds is 8. The molecule has 0 saturated carbocycles. The van der Waals surface area contributed by atoms with Crippen molar-refractivity contribution in [2.45, 2.75) is 12.4 Å². The molecule has 0 aliphatic rings. The Hall–Kier alpha value is -0.270. The third-order valence-electron chi connectivity index (χ3n) is 1.16. The SMILES string of the molecule is O=CNCCC(O)(O[PH](=O)O)O[PH](=O)O. The Morgan fingerprint density at radius 1 is 1.27 bits per heavy atom. The molecule has 1 amide bonds. The molecule has 9 nitrogen and oxygen atoms in total. The van der Waals surface area contributed by atoms with Gasteiger partial charge in [0.1, 0.15) is 0 Å². The highest BCUT2D eigenvalue weighted by Gasteiger charge is 2.33. The van der Waals surface area contributed by atoms with Gasteiger partial charge in [-0.15, -0.1) is 0 Å². The summed E-state index contributed by atoms with van der Waals surface area (Å²) in [7, 11) is -7.10. The van der Waals surface area contributed by atoms with Crippen LogP contribution in [0.25, 0.3) is 0 Å². The summed E-state index contributed by atoms with van der Waals surface area (Å²) < 4.78 is 28.7. The molecule has 15 heavy (non-hydrogen) atoms. The standard InChI is InChI=1S/C4H11NO8P2/c6-3-5-2-1-4(7,12-14(8)9)13-15(10)11/h3,7,14-15H,1-2H2,(H,5,6)(H,8,9)(H,10,11). The molecule has 4 N–H and O–H groups in total. The fraction of sp³-hybridized carbons (Fsp3) is 0.750. The number of carbonyl (C=O) groups is 1. The Kier molecular flexibility index (Phi) is 6.95. The lowest BCUT2D eigenvalue weighted by Crippen LogP contribution is -2.35. The van der Waals surface area contributed by atoms with Crippen molar-refractivity contribution in [1.82, 2.24) is 5.32 Å². The predicted molar refractivity (Wildman–Crippen MR) is 48.2 cm³/mol. The molecule has 0 aliphatic heterocycles. The van der Waals surface area contributed by atoms with E-state index >= 15 is 0 Å². The molecular formula is C4H11NO8P2. The van der Waals surface area contributed by atoms with Gasteiger partial charge in [0.2, 0.25) is 6.41 Å². The van der Waals surface area contributed by atoms with E-state index in [1.165, 1.54) is 0 Å². The van der Waals surface area contributed by atoms with E-state index < -0.39 is 28.9 Å². The highest BCUT2D eigenvalue weighted by atomic mass is 31.1. The van der Waals surface area contributed by atoms with Gasteiger partial charge in [-0.1, -0.05) is 0 Å². The Morgan fingerprint density at radius 3 is 2.07 bits per heavy atom. The molecule has 0 bridgehead atoms.